The second-order valence-electron chi connectivity index (χ2n) is 8.98. The predicted molar refractivity (Wildman–Crippen MR) is 150 cm³/mol. The molecular weight excluding hydrogens is 507 g/mol. The molecule has 2 aliphatic heterocycles. The van der Waals surface area contributed by atoms with Crippen LogP contribution in [0.15, 0.2) is 113 Å². The van der Waals surface area contributed by atoms with E-state index in [1.807, 2.05) is 96.0 Å². The lowest BCUT2D eigenvalue weighted by molar-refractivity contribution is 0.0874. The second kappa shape index (κ2) is 9.44. The van der Waals surface area contributed by atoms with Gasteiger partial charge in [0.1, 0.15) is 5.54 Å². The average molecular weight is 529 g/mol. The molecule has 3 nitrogen and oxygen atoms in total. The van der Waals surface area contributed by atoms with E-state index in [2.05, 4.69) is 12.1 Å². The van der Waals surface area contributed by atoms with Crippen LogP contribution in [-0.2, 0) is 0 Å². The summed E-state index contributed by atoms with van der Waals surface area (Å²) in [5.74, 6) is 0.537. The topological polar surface area (TPSA) is 32.7 Å². The van der Waals surface area contributed by atoms with Gasteiger partial charge in [0.2, 0.25) is 0 Å². The van der Waals surface area contributed by atoms with E-state index in [1.165, 1.54) is 0 Å². The summed E-state index contributed by atoms with van der Waals surface area (Å²) in [5.41, 5.74) is 3.41. The Balaban J connectivity index is 1.65. The number of ketones is 1. The maximum absolute atomic E-state index is 14.8. The molecule has 0 amide bonds. The van der Waals surface area contributed by atoms with Gasteiger partial charge in [0.25, 0.3) is 0 Å². The van der Waals surface area contributed by atoms with Crippen LogP contribution in [0.25, 0.3) is 0 Å². The number of benzene rings is 4. The summed E-state index contributed by atoms with van der Waals surface area (Å²) in [7, 11) is 0. The minimum Gasteiger partial charge on any atom is -0.291 e. The molecule has 6 rings (SSSR count). The molecule has 0 radical (unpaired) electrons. The van der Waals surface area contributed by atoms with Crippen LogP contribution in [-0.4, -0.2) is 22.8 Å². The van der Waals surface area contributed by atoms with Crippen molar-refractivity contribution in [2.45, 2.75) is 22.8 Å². The molecule has 178 valence electrons. The highest BCUT2D eigenvalue weighted by atomic mass is 35.5. The van der Waals surface area contributed by atoms with Crippen molar-refractivity contribution in [2.24, 2.45) is 5.10 Å². The van der Waals surface area contributed by atoms with Crippen LogP contribution in [0.4, 0.5) is 5.69 Å². The van der Waals surface area contributed by atoms with Crippen LogP contribution in [0.3, 0.4) is 0 Å². The average Bonchev–Trinajstić information content (AvgIpc) is 3.18. The van der Waals surface area contributed by atoms with E-state index in [0.29, 0.717) is 16.5 Å². The van der Waals surface area contributed by atoms with Gasteiger partial charge in [-0.3, -0.25) is 9.80 Å². The van der Waals surface area contributed by atoms with Crippen LogP contribution in [0, 0.1) is 0 Å². The molecule has 0 aliphatic carbocycles. The summed E-state index contributed by atoms with van der Waals surface area (Å²) >= 11 is 14.5. The minimum atomic E-state index is -0.969. The smallest absolute Gasteiger partial charge is 0.192 e. The molecule has 36 heavy (non-hydrogen) atoms. The zero-order valence-electron chi connectivity index (χ0n) is 19.3. The fraction of sp³-hybridized carbons (Fsp3) is 0.133. The second-order valence-corrected chi connectivity index (χ2v) is 11.0. The first-order valence-electron chi connectivity index (χ1n) is 11.8. The molecule has 2 aliphatic rings. The van der Waals surface area contributed by atoms with Gasteiger partial charge in [-0.2, -0.15) is 5.10 Å². The number of carbonyl (C=O) groups is 1. The van der Waals surface area contributed by atoms with Gasteiger partial charge in [0, 0.05) is 26.3 Å². The van der Waals surface area contributed by atoms with Crippen LogP contribution < -0.4 is 5.01 Å². The number of carbonyl (C=O) groups excluding carboxylic acids is 1. The van der Waals surface area contributed by atoms with Gasteiger partial charge in [-0.25, -0.2) is 0 Å². The number of anilines is 1. The van der Waals surface area contributed by atoms with Gasteiger partial charge in [0.05, 0.1) is 17.3 Å². The van der Waals surface area contributed by atoms with E-state index in [1.54, 1.807) is 11.8 Å². The molecule has 2 heterocycles. The molecule has 0 saturated carbocycles. The summed E-state index contributed by atoms with van der Waals surface area (Å²) in [5, 5.41) is 8.41. The number of thioether (sulfide) groups is 1. The summed E-state index contributed by atoms with van der Waals surface area (Å²) in [6.45, 7) is 0. The van der Waals surface area contributed by atoms with Gasteiger partial charge in [0.15, 0.2) is 5.78 Å². The Labute approximate surface area is 224 Å². The van der Waals surface area contributed by atoms with Gasteiger partial charge < -0.3 is 0 Å². The molecule has 0 N–H and O–H groups in total. The van der Waals surface area contributed by atoms with Crippen molar-refractivity contribution in [3.05, 3.63) is 130 Å². The van der Waals surface area contributed by atoms with E-state index in [0.717, 1.165) is 38.7 Å². The van der Waals surface area contributed by atoms with Crippen molar-refractivity contribution >= 4 is 52.1 Å². The quantitative estimate of drug-likeness (QED) is 0.269. The van der Waals surface area contributed by atoms with Crippen LogP contribution in [0.5, 0.6) is 0 Å². The van der Waals surface area contributed by atoms with E-state index in [9.17, 15) is 4.79 Å². The Kier molecular flexibility index (Phi) is 6.12. The Morgan fingerprint density at radius 1 is 0.833 bits per heavy atom. The molecular formula is C30H22Cl2N2OS. The molecule has 0 bridgehead atoms. The highest BCUT2D eigenvalue weighted by Gasteiger charge is 2.58. The number of fused-ring (bicyclic) bond motifs is 1. The van der Waals surface area contributed by atoms with Crippen molar-refractivity contribution < 1.29 is 4.79 Å². The van der Waals surface area contributed by atoms with Crippen molar-refractivity contribution in [1.29, 1.82) is 0 Å². The normalized spacial score (nSPS) is 21.3. The first-order valence-corrected chi connectivity index (χ1v) is 13.5. The zero-order valence-corrected chi connectivity index (χ0v) is 21.6. The monoisotopic (exact) mass is 528 g/mol. The first kappa shape index (κ1) is 23.4. The number of nitrogens with zero attached hydrogens (tertiary/aromatic N) is 2. The third-order valence-corrected chi connectivity index (χ3v) is 8.49. The maximum Gasteiger partial charge on any atom is 0.192 e. The highest BCUT2D eigenvalue weighted by molar-refractivity contribution is 7.99. The molecule has 1 spiro atoms. The van der Waals surface area contributed by atoms with E-state index >= 15 is 0 Å². The number of halogens is 2. The number of hydrogen-bond acceptors (Lipinski definition) is 4. The van der Waals surface area contributed by atoms with Gasteiger partial charge in [-0.15, -0.1) is 11.8 Å². The van der Waals surface area contributed by atoms with Gasteiger partial charge >= 0.3 is 0 Å². The number of hydrazone groups is 1. The van der Waals surface area contributed by atoms with Gasteiger partial charge in [-0.1, -0.05) is 89.9 Å². The summed E-state index contributed by atoms with van der Waals surface area (Å²) < 4.78 is 0. The third kappa shape index (κ3) is 3.85. The van der Waals surface area contributed by atoms with Crippen molar-refractivity contribution in [3.8, 4) is 0 Å². The van der Waals surface area contributed by atoms with Crippen molar-refractivity contribution in [2.75, 3.05) is 10.8 Å². The minimum absolute atomic E-state index is 0.0673. The Hall–Kier alpha value is -3.05. The highest BCUT2D eigenvalue weighted by Crippen LogP contribution is 2.51. The fourth-order valence-electron chi connectivity index (χ4n) is 5.34. The van der Waals surface area contributed by atoms with Crippen molar-refractivity contribution in [3.63, 3.8) is 0 Å². The number of Topliss-reactive ketones (excluding diaryl/α,β-unsaturated/α-hetero) is 1. The molecule has 0 fully saturated rings. The SMILES string of the molecule is O=C1c2ccccc2SCC[C@@]12[C@H](c1ccc(Cl)cc1)C(c1ccccc1)=NN2c1cccc(Cl)c1. The predicted octanol–water partition coefficient (Wildman–Crippen LogP) is 8.12. The van der Waals surface area contributed by atoms with Gasteiger partial charge in [-0.05, 0) is 53.9 Å². The molecule has 0 saturated heterocycles. The van der Waals surface area contributed by atoms with Crippen LogP contribution >= 0.6 is 35.0 Å². The standard InChI is InChI=1S/C30H22Cl2N2OS/c31-22-15-13-20(14-16-22)27-28(21-7-2-1-3-8-21)33-34(24-10-6-9-23(32)19-24)30(27)17-18-36-26-12-5-4-11-25(26)29(30)35/h1-16,19,27H,17-18H2/t27-,30-/m1/s1. The number of rotatable bonds is 3. The summed E-state index contributed by atoms with van der Waals surface area (Å²) in [6, 6.07) is 33.4. The van der Waals surface area contributed by atoms with Crippen LogP contribution in [0.1, 0.15) is 33.8 Å². The number of hydrogen-bond donors (Lipinski definition) is 0. The van der Waals surface area contributed by atoms with Crippen molar-refractivity contribution in [1.82, 2.24) is 0 Å². The Bertz CT molecular complexity index is 1470. The molecule has 6 heteroatoms. The molecule has 0 unspecified atom stereocenters. The molecule has 4 aromatic carbocycles. The zero-order chi connectivity index (χ0) is 24.7. The van der Waals surface area contributed by atoms with E-state index in [4.69, 9.17) is 28.3 Å². The van der Waals surface area contributed by atoms with Crippen LogP contribution in [0.2, 0.25) is 10.0 Å². The third-order valence-electron chi connectivity index (χ3n) is 6.93. The lowest BCUT2D eigenvalue weighted by Gasteiger charge is -2.40. The summed E-state index contributed by atoms with van der Waals surface area (Å²) in [4.78, 5) is 15.8. The Morgan fingerprint density at radius 3 is 2.36 bits per heavy atom. The maximum atomic E-state index is 14.8. The van der Waals surface area contributed by atoms with E-state index in [-0.39, 0.29) is 11.7 Å². The lowest BCUT2D eigenvalue weighted by atomic mass is 9.70. The van der Waals surface area contributed by atoms with E-state index < -0.39 is 5.54 Å². The fourth-order valence-corrected chi connectivity index (χ4v) is 6.78. The molecule has 2 atom stereocenters. The molecule has 0 aromatic heterocycles. The first-order chi connectivity index (χ1) is 17.6. The Morgan fingerprint density at radius 2 is 1.58 bits per heavy atom. The molecule has 4 aromatic rings. The lowest BCUT2D eigenvalue weighted by Crippen LogP contribution is -2.54. The summed E-state index contributed by atoms with van der Waals surface area (Å²) in [6.07, 6.45) is 0.616. The largest absolute Gasteiger partial charge is 0.291 e.